The summed E-state index contributed by atoms with van der Waals surface area (Å²) < 4.78 is 16.0. The molecule has 0 saturated heterocycles. The molecule has 0 bridgehead atoms. The first-order chi connectivity index (χ1) is 17.0. The molecule has 0 unspecified atom stereocenters. The van der Waals surface area contributed by atoms with Gasteiger partial charge < -0.3 is 19.5 Å². The normalized spacial score (nSPS) is 11.5. The molecule has 0 spiro atoms. The quantitative estimate of drug-likeness (QED) is 0.326. The van der Waals surface area contributed by atoms with E-state index in [-0.39, 0.29) is 30.9 Å². The van der Waals surface area contributed by atoms with Crippen LogP contribution in [0.25, 0.3) is 0 Å². The van der Waals surface area contributed by atoms with Crippen molar-refractivity contribution in [2.75, 3.05) is 20.8 Å². The summed E-state index contributed by atoms with van der Waals surface area (Å²) in [4.78, 5) is 24.3. The summed E-state index contributed by atoms with van der Waals surface area (Å²) in [5, 5.41) is 6.90. The molecular weight excluding hydrogens is 446 g/mol. The van der Waals surface area contributed by atoms with E-state index in [0.29, 0.717) is 17.2 Å². The number of carbonyl (C=O) groups is 2. The molecule has 0 fully saturated rings. The van der Waals surface area contributed by atoms with E-state index in [1.54, 1.807) is 56.7 Å². The Labute approximate surface area is 204 Å². The van der Waals surface area contributed by atoms with Crippen molar-refractivity contribution in [3.05, 3.63) is 89.5 Å². The number of nitrogens with zero attached hydrogens (tertiary/aromatic N) is 1. The summed E-state index contributed by atoms with van der Waals surface area (Å²) >= 11 is 0. The highest BCUT2D eigenvalue weighted by molar-refractivity contribution is 5.83. The van der Waals surface area contributed by atoms with Crippen LogP contribution in [0.3, 0.4) is 0 Å². The van der Waals surface area contributed by atoms with Gasteiger partial charge in [0.15, 0.2) is 18.1 Å². The van der Waals surface area contributed by atoms with Crippen molar-refractivity contribution in [2.45, 2.75) is 19.4 Å². The van der Waals surface area contributed by atoms with E-state index in [2.05, 4.69) is 15.8 Å². The Bertz CT molecular complexity index is 1150. The van der Waals surface area contributed by atoms with Gasteiger partial charge in [-0.15, -0.1) is 0 Å². The first-order valence-electron chi connectivity index (χ1n) is 11.1. The summed E-state index contributed by atoms with van der Waals surface area (Å²) in [6.07, 6.45) is 1.68. The summed E-state index contributed by atoms with van der Waals surface area (Å²) in [6.45, 7) is 1.84. The number of rotatable bonds is 11. The fourth-order valence-corrected chi connectivity index (χ4v) is 3.30. The minimum absolute atomic E-state index is 0.0865. The smallest absolute Gasteiger partial charge is 0.258 e. The largest absolute Gasteiger partial charge is 0.493 e. The molecular formula is C27H29N3O5. The second kappa shape index (κ2) is 12.8. The molecule has 0 radical (unpaired) electrons. The molecule has 182 valence electrons. The summed E-state index contributed by atoms with van der Waals surface area (Å²) in [5.74, 6) is 1.26. The fraction of sp³-hybridized carbons (Fsp3) is 0.222. The molecule has 8 nitrogen and oxygen atoms in total. The lowest BCUT2D eigenvalue weighted by atomic mass is 10.1. The van der Waals surface area contributed by atoms with Crippen molar-refractivity contribution in [2.24, 2.45) is 5.10 Å². The van der Waals surface area contributed by atoms with Crippen molar-refractivity contribution in [1.29, 1.82) is 0 Å². The van der Waals surface area contributed by atoms with Gasteiger partial charge in [0.25, 0.3) is 5.91 Å². The number of hydrogen-bond acceptors (Lipinski definition) is 6. The van der Waals surface area contributed by atoms with Gasteiger partial charge in [-0.3, -0.25) is 9.59 Å². The zero-order valence-corrected chi connectivity index (χ0v) is 20.0. The Kier molecular flexibility index (Phi) is 9.24. The molecule has 2 amide bonds. The van der Waals surface area contributed by atoms with Crippen molar-refractivity contribution < 1.29 is 23.8 Å². The predicted octanol–water partition coefficient (Wildman–Crippen LogP) is 3.65. The molecule has 1 atom stereocenters. The number of nitrogens with one attached hydrogen (secondary N) is 2. The van der Waals surface area contributed by atoms with E-state index >= 15 is 0 Å². The molecule has 0 aliphatic rings. The van der Waals surface area contributed by atoms with Gasteiger partial charge >= 0.3 is 0 Å². The third-order valence-electron chi connectivity index (χ3n) is 5.14. The Morgan fingerprint density at radius 2 is 1.63 bits per heavy atom. The average molecular weight is 476 g/mol. The van der Waals surface area contributed by atoms with Crippen molar-refractivity contribution in [3.8, 4) is 17.2 Å². The maximum Gasteiger partial charge on any atom is 0.258 e. The Morgan fingerprint density at radius 3 is 2.31 bits per heavy atom. The number of methoxy groups -OCH3 is 2. The lowest BCUT2D eigenvalue weighted by Crippen LogP contribution is -2.31. The van der Waals surface area contributed by atoms with Crippen LogP contribution in [-0.4, -0.2) is 38.9 Å². The number of benzene rings is 3. The highest BCUT2D eigenvalue weighted by Gasteiger charge is 2.10. The van der Waals surface area contributed by atoms with Crippen LogP contribution in [-0.2, 0) is 16.0 Å². The molecule has 0 aliphatic heterocycles. The van der Waals surface area contributed by atoms with Crippen LogP contribution < -0.4 is 25.0 Å². The summed E-state index contributed by atoms with van der Waals surface area (Å²) in [6, 6.07) is 22.0. The van der Waals surface area contributed by atoms with Gasteiger partial charge in [0.1, 0.15) is 5.75 Å². The van der Waals surface area contributed by atoms with Crippen molar-refractivity contribution >= 4 is 18.0 Å². The van der Waals surface area contributed by atoms with Crippen LogP contribution >= 0.6 is 0 Å². The average Bonchev–Trinajstić information content (AvgIpc) is 2.88. The third kappa shape index (κ3) is 7.89. The minimum Gasteiger partial charge on any atom is -0.493 e. The highest BCUT2D eigenvalue weighted by Crippen LogP contribution is 2.27. The van der Waals surface area contributed by atoms with E-state index in [0.717, 1.165) is 16.7 Å². The van der Waals surface area contributed by atoms with Crippen LogP contribution in [0.2, 0.25) is 0 Å². The van der Waals surface area contributed by atoms with Gasteiger partial charge in [-0.25, -0.2) is 5.43 Å². The zero-order valence-electron chi connectivity index (χ0n) is 20.0. The highest BCUT2D eigenvalue weighted by atomic mass is 16.5. The topological polar surface area (TPSA) is 98.3 Å². The van der Waals surface area contributed by atoms with Gasteiger partial charge in [-0.2, -0.15) is 5.10 Å². The first-order valence-corrected chi connectivity index (χ1v) is 11.1. The standard InChI is InChI=1S/C27H29N3O5/c1-19(22-7-5-4-6-8-22)29-27(32)18-35-23-12-9-20(10-13-23)17-28-30-26(31)16-21-11-14-24(33-2)25(15-21)34-3/h4-15,17,19H,16,18H2,1-3H3,(H,29,32)(H,30,31)/b28-17+/t19-/m0/s1. The minimum atomic E-state index is -0.260. The van der Waals surface area contributed by atoms with Crippen LogP contribution in [0.4, 0.5) is 0 Å². The van der Waals surface area contributed by atoms with Crippen LogP contribution in [0.5, 0.6) is 17.2 Å². The van der Waals surface area contributed by atoms with Crippen molar-refractivity contribution in [1.82, 2.24) is 10.7 Å². The summed E-state index contributed by atoms with van der Waals surface area (Å²) in [5.41, 5.74) is 5.08. The molecule has 35 heavy (non-hydrogen) atoms. The van der Waals surface area contributed by atoms with E-state index in [1.165, 1.54) is 6.21 Å². The third-order valence-corrected chi connectivity index (χ3v) is 5.14. The monoisotopic (exact) mass is 475 g/mol. The van der Waals surface area contributed by atoms with Gasteiger partial charge in [0.2, 0.25) is 5.91 Å². The van der Waals surface area contributed by atoms with Crippen LogP contribution in [0, 0.1) is 0 Å². The molecule has 3 rings (SSSR count). The molecule has 0 aromatic heterocycles. The first kappa shape index (κ1) is 25.3. The lowest BCUT2D eigenvalue weighted by molar-refractivity contribution is -0.123. The predicted molar refractivity (Wildman–Crippen MR) is 134 cm³/mol. The number of hydrazone groups is 1. The molecule has 0 aliphatic carbocycles. The van der Waals surface area contributed by atoms with E-state index in [1.807, 2.05) is 37.3 Å². The van der Waals surface area contributed by atoms with Gasteiger partial charge in [0, 0.05) is 0 Å². The van der Waals surface area contributed by atoms with Crippen LogP contribution in [0.1, 0.15) is 29.7 Å². The summed E-state index contributed by atoms with van der Waals surface area (Å²) in [7, 11) is 3.10. The SMILES string of the molecule is COc1ccc(CC(=O)N/N=C/c2ccc(OCC(=O)N[C@@H](C)c3ccccc3)cc2)cc1OC. The Morgan fingerprint density at radius 1 is 0.914 bits per heavy atom. The molecule has 0 heterocycles. The molecule has 3 aromatic carbocycles. The van der Waals surface area contributed by atoms with Gasteiger partial charge in [-0.05, 0) is 60.0 Å². The molecule has 3 aromatic rings. The number of carbonyl (C=O) groups excluding carboxylic acids is 2. The second-order valence-electron chi connectivity index (χ2n) is 7.72. The fourth-order valence-electron chi connectivity index (χ4n) is 3.30. The number of amides is 2. The van der Waals surface area contributed by atoms with E-state index < -0.39 is 0 Å². The Hall–Kier alpha value is -4.33. The second-order valence-corrected chi connectivity index (χ2v) is 7.72. The maximum absolute atomic E-state index is 12.2. The number of ether oxygens (including phenoxy) is 3. The molecule has 0 saturated carbocycles. The maximum atomic E-state index is 12.2. The van der Waals surface area contributed by atoms with Crippen LogP contribution in [0.15, 0.2) is 77.9 Å². The van der Waals surface area contributed by atoms with Gasteiger partial charge in [-0.1, -0.05) is 36.4 Å². The van der Waals surface area contributed by atoms with Gasteiger partial charge in [0.05, 0.1) is 32.9 Å². The van der Waals surface area contributed by atoms with Crippen molar-refractivity contribution in [3.63, 3.8) is 0 Å². The van der Waals surface area contributed by atoms with E-state index in [4.69, 9.17) is 14.2 Å². The Balaban J connectivity index is 1.43. The number of hydrogen-bond donors (Lipinski definition) is 2. The molecule has 8 heteroatoms. The lowest BCUT2D eigenvalue weighted by Gasteiger charge is -2.14. The van der Waals surface area contributed by atoms with E-state index in [9.17, 15) is 9.59 Å². The molecule has 2 N–H and O–H groups in total. The zero-order chi connectivity index (χ0) is 25.0.